The first-order valence-corrected chi connectivity index (χ1v) is 9.76. The highest BCUT2D eigenvalue weighted by molar-refractivity contribution is 7.08. The molecule has 27 heavy (non-hydrogen) atoms. The number of H-pyrrole nitrogens is 1. The van der Waals surface area contributed by atoms with Crippen molar-refractivity contribution in [2.24, 2.45) is 0 Å². The second kappa shape index (κ2) is 5.99. The SMILES string of the molecule is COc1cc(C)c2c(c1)C(c1cscc1N)=C(c1ccc3[nH]ncc3c1)C2. The number of ether oxygens (including phenoxy) is 1. The summed E-state index contributed by atoms with van der Waals surface area (Å²) < 4.78 is 5.54. The van der Waals surface area contributed by atoms with Crippen molar-refractivity contribution < 1.29 is 4.74 Å². The Labute approximate surface area is 161 Å². The lowest BCUT2D eigenvalue weighted by Crippen LogP contribution is -1.94. The molecular weight excluding hydrogens is 354 g/mol. The number of aryl methyl sites for hydroxylation is 1. The Bertz CT molecular complexity index is 1220. The lowest BCUT2D eigenvalue weighted by molar-refractivity contribution is 0.414. The third-order valence-electron chi connectivity index (χ3n) is 5.36. The lowest BCUT2D eigenvalue weighted by atomic mass is 9.94. The van der Waals surface area contributed by atoms with Crippen LogP contribution >= 0.6 is 11.3 Å². The van der Waals surface area contributed by atoms with E-state index in [9.17, 15) is 0 Å². The van der Waals surface area contributed by atoms with Gasteiger partial charge in [-0.05, 0) is 71.0 Å². The summed E-state index contributed by atoms with van der Waals surface area (Å²) in [5, 5.41) is 12.4. The third-order valence-corrected chi connectivity index (χ3v) is 6.12. The van der Waals surface area contributed by atoms with Crippen LogP contribution in [0.2, 0.25) is 0 Å². The molecule has 0 amide bonds. The summed E-state index contributed by atoms with van der Waals surface area (Å²) in [6.45, 7) is 2.15. The number of anilines is 1. The minimum absolute atomic E-state index is 0.824. The van der Waals surface area contributed by atoms with Crippen molar-refractivity contribution >= 4 is 39.1 Å². The van der Waals surface area contributed by atoms with Crippen LogP contribution in [0.25, 0.3) is 22.0 Å². The van der Waals surface area contributed by atoms with Gasteiger partial charge >= 0.3 is 0 Å². The molecular formula is C22H19N3OS. The summed E-state index contributed by atoms with van der Waals surface area (Å²) in [6.07, 6.45) is 2.76. The van der Waals surface area contributed by atoms with Crippen molar-refractivity contribution in [3.63, 3.8) is 0 Å². The van der Waals surface area contributed by atoms with Crippen LogP contribution in [-0.4, -0.2) is 17.3 Å². The van der Waals surface area contributed by atoms with E-state index < -0.39 is 0 Å². The smallest absolute Gasteiger partial charge is 0.119 e. The van der Waals surface area contributed by atoms with Gasteiger partial charge < -0.3 is 10.5 Å². The molecule has 0 saturated heterocycles. The Kier molecular flexibility index (Phi) is 3.58. The molecule has 5 heteroatoms. The first kappa shape index (κ1) is 16.1. The summed E-state index contributed by atoms with van der Waals surface area (Å²) in [6, 6.07) is 10.7. The number of nitrogens with zero attached hydrogens (tertiary/aromatic N) is 1. The van der Waals surface area contributed by atoms with E-state index in [0.29, 0.717) is 0 Å². The van der Waals surface area contributed by atoms with Gasteiger partial charge in [-0.15, -0.1) is 11.3 Å². The maximum Gasteiger partial charge on any atom is 0.119 e. The molecule has 0 radical (unpaired) electrons. The van der Waals surface area contributed by atoms with Gasteiger partial charge in [0.2, 0.25) is 0 Å². The number of fused-ring (bicyclic) bond motifs is 2. The number of nitrogens with one attached hydrogen (secondary N) is 1. The van der Waals surface area contributed by atoms with Crippen molar-refractivity contribution in [2.45, 2.75) is 13.3 Å². The molecule has 1 aliphatic rings. The lowest BCUT2D eigenvalue weighted by Gasteiger charge is -2.11. The molecule has 0 unspecified atom stereocenters. The van der Waals surface area contributed by atoms with Gasteiger partial charge in [0.1, 0.15) is 5.75 Å². The van der Waals surface area contributed by atoms with Crippen LogP contribution in [-0.2, 0) is 6.42 Å². The van der Waals surface area contributed by atoms with Crippen molar-refractivity contribution in [1.29, 1.82) is 0 Å². The summed E-state index contributed by atoms with van der Waals surface area (Å²) in [5.74, 6) is 0.879. The number of aromatic amines is 1. The van der Waals surface area contributed by atoms with Crippen molar-refractivity contribution in [2.75, 3.05) is 12.8 Å². The first-order valence-electron chi connectivity index (χ1n) is 8.82. The van der Waals surface area contributed by atoms with E-state index in [4.69, 9.17) is 10.5 Å². The zero-order valence-corrected chi connectivity index (χ0v) is 16.0. The fourth-order valence-electron chi connectivity index (χ4n) is 3.98. The molecule has 2 heterocycles. The molecule has 134 valence electrons. The molecule has 0 atom stereocenters. The highest BCUT2D eigenvalue weighted by Gasteiger charge is 2.27. The van der Waals surface area contributed by atoms with Gasteiger partial charge in [-0.3, -0.25) is 5.10 Å². The quantitative estimate of drug-likeness (QED) is 0.529. The summed E-state index contributed by atoms with van der Waals surface area (Å²) in [4.78, 5) is 0. The van der Waals surface area contributed by atoms with Crippen LogP contribution < -0.4 is 10.5 Å². The number of methoxy groups -OCH3 is 1. The van der Waals surface area contributed by atoms with Crippen molar-refractivity contribution in [1.82, 2.24) is 10.2 Å². The molecule has 2 aromatic heterocycles. The maximum absolute atomic E-state index is 6.33. The zero-order chi connectivity index (χ0) is 18.5. The number of allylic oxidation sites excluding steroid dienone is 1. The largest absolute Gasteiger partial charge is 0.497 e. The van der Waals surface area contributed by atoms with E-state index in [-0.39, 0.29) is 0 Å². The second-order valence-electron chi connectivity index (χ2n) is 6.91. The number of nitrogen functional groups attached to an aromatic ring is 1. The number of rotatable bonds is 3. The number of hydrogen-bond donors (Lipinski definition) is 2. The van der Waals surface area contributed by atoms with Crippen molar-refractivity contribution in [3.05, 3.63) is 75.1 Å². The Balaban J connectivity index is 1.80. The summed E-state index contributed by atoms with van der Waals surface area (Å²) >= 11 is 1.64. The van der Waals surface area contributed by atoms with E-state index in [2.05, 4.69) is 52.8 Å². The van der Waals surface area contributed by atoms with Crippen LogP contribution in [0.5, 0.6) is 5.75 Å². The van der Waals surface area contributed by atoms with E-state index >= 15 is 0 Å². The van der Waals surface area contributed by atoms with Crippen LogP contribution in [0, 0.1) is 6.92 Å². The van der Waals surface area contributed by atoms with E-state index in [1.807, 2.05) is 11.6 Å². The average molecular weight is 373 g/mol. The van der Waals surface area contributed by atoms with Crippen LogP contribution in [0.4, 0.5) is 5.69 Å². The molecule has 0 spiro atoms. The van der Waals surface area contributed by atoms with Gasteiger partial charge in [-0.25, -0.2) is 0 Å². The normalized spacial score (nSPS) is 13.4. The van der Waals surface area contributed by atoms with Crippen LogP contribution in [0.1, 0.15) is 27.8 Å². The predicted octanol–water partition coefficient (Wildman–Crippen LogP) is 5.04. The monoisotopic (exact) mass is 373 g/mol. The fraction of sp³-hybridized carbons (Fsp3) is 0.136. The fourth-order valence-corrected chi connectivity index (χ4v) is 4.71. The Hall–Kier alpha value is -3.05. The standard InChI is InChI=1S/C22H19N3OS/c1-12-5-15(26-2)7-18-16(12)8-17(22(18)19-10-27-11-20(19)23)13-3-4-21-14(6-13)9-24-25-21/h3-7,9-11H,8,23H2,1-2H3,(H,24,25). The molecule has 3 N–H and O–H groups in total. The Morgan fingerprint density at radius 3 is 2.81 bits per heavy atom. The molecule has 4 nitrogen and oxygen atoms in total. The minimum atomic E-state index is 0.824. The highest BCUT2D eigenvalue weighted by atomic mass is 32.1. The summed E-state index contributed by atoms with van der Waals surface area (Å²) in [7, 11) is 1.71. The number of hydrogen-bond acceptors (Lipinski definition) is 4. The van der Waals surface area contributed by atoms with Gasteiger partial charge in [0.15, 0.2) is 0 Å². The number of nitrogens with two attached hydrogens (primary N) is 1. The van der Waals surface area contributed by atoms with E-state index in [1.165, 1.54) is 33.4 Å². The number of benzene rings is 2. The maximum atomic E-state index is 6.33. The molecule has 0 aliphatic heterocycles. The molecule has 1 aliphatic carbocycles. The molecule has 0 fully saturated rings. The Morgan fingerprint density at radius 1 is 1.15 bits per heavy atom. The number of aromatic nitrogens is 2. The molecule has 0 bridgehead atoms. The molecule has 0 saturated carbocycles. The molecule has 4 aromatic rings. The zero-order valence-electron chi connectivity index (χ0n) is 15.2. The van der Waals surface area contributed by atoms with E-state index in [0.717, 1.165) is 34.3 Å². The predicted molar refractivity (Wildman–Crippen MR) is 112 cm³/mol. The highest BCUT2D eigenvalue weighted by Crippen LogP contribution is 2.47. The number of thiophene rings is 1. The van der Waals surface area contributed by atoms with Crippen LogP contribution in [0.15, 0.2) is 47.3 Å². The van der Waals surface area contributed by atoms with E-state index in [1.54, 1.807) is 18.4 Å². The van der Waals surface area contributed by atoms with Gasteiger partial charge in [0.25, 0.3) is 0 Å². The first-order chi connectivity index (χ1) is 13.2. The summed E-state index contributed by atoms with van der Waals surface area (Å²) in [5.41, 5.74) is 16.8. The van der Waals surface area contributed by atoms with Crippen molar-refractivity contribution in [3.8, 4) is 5.75 Å². The average Bonchev–Trinajstić information content (AvgIpc) is 3.38. The van der Waals surface area contributed by atoms with Gasteiger partial charge in [0, 0.05) is 21.7 Å². The second-order valence-corrected chi connectivity index (χ2v) is 7.66. The van der Waals surface area contributed by atoms with Gasteiger partial charge in [0.05, 0.1) is 24.5 Å². The third kappa shape index (κ3) is 2.46. The van der Waals surface area contributed by atoms with Crippen LogP contribution in [0.3, 0.4) is 0 Å². The molecule has 2 aromatic carbocycles. The van der Waals surface area contributed by atoms with Gasteiger partial charge in [-0.1, -0.05) is 6.07 Å². The Morgan fingerprint density at radius 2 is 2.04 bits per heavy atom. The van der Waals surface area contributed by atoms with Gasteiger partial charge in [-0.2, -0.15) is 5.10 Å². The topological polar surface area (TPSA) is 63.9 Å². The minimum Gasteiger partial charge on any atom is -0.497 e. The molecule has 5 rings (SSSR count).